The Kier molecular flexibility index (Phi) is 4.58. The van der Waals surface area contributed by atoms with Crippen LogP contribution in [0.2, 0.25) is 0 Å². The van der Waals surface area contributed by atoms with E-state index in [1.165, 1.54) is 38.2 Å². The van der Waals surface area contributed by atoms with Crippen molar-refractivity contribution in [3.63, 3.8) is 0 Å². The highest BCUT2D eigenvalue weighted by atomic mass is 32.1. The maximum Gasteiger partial charge on any atom is 0.278 e. The average Bonchev–Trinajstić information content (AvgIpc) is 2.17. The lowest BCUT2D eigenvalue weighted by molar-refractivity contribution is -0.113. The summed E-state index contributed by atoms with van der Waals surface area (Å²) in [4.78, 5) is 14.3. The average molecular weight is 195 g/mol. The van der Waals surface area contributed by atoms with Crippen molar-refractivity contribution in [1.29, 1.82) is 0 Å². The zero-order chi connectivity index (χ0) is 9.52. The second-order valence-electron chi connectivity index (χ2n) is 3.30. The van der Waals surface area contributed by atoms with E-state index < -0.39 is 0 Å². The second-order valence-corrected chi connectivity index (χ2v) is 3.48. The summed E-state index contributed by atoms with van der Waals surface area (Å²) < 4.78 is 0. The van der Waals surface area contributed by atoms with Crippen LogP contribution < -0.4 is 0 Å². The Balaban J connectivity index is 2.37. The predicted molar refractivity (Wildman–Crippen MR) is 55.7 cm³/mol. The van der Waals surface area contributed by atoms with Crippen LogP contribution in [0, 0.1) is 5.92 Å². The molecule has 0 heterocycles. The number of aliphatic imine (C=N–C) groups is 1. The molecule has 1 rings (SSSR count). The SMILES string of the molecule is O=C(/C=C/C1CCCCC1)N=C=S. The molecule has 0 atom stereocenters. The Morgan fingerprint density at radius 1 is 1.38 bits per heavy atom. The number of hydrogen-bond acceptors (Lipinski definition) is 2. The Bertz CT molecular complexity index is 248. The molecular weight excluding hydrogens is 182 g/mol. The number of rotatable bonds is 2. The van der Waals surface area contributed by atoms with Gasteiger partial charge in [-0.25, -0.2) is 0 Å². The summed E-state index contributed by atoms with van der Waals surface area (Å²) in [6, 6.07) is 0. The minimum atomic E-state index is -0.291. The summed E-state index contributed by atoms with van der Waals surface area (Å²) >= 11 is 4.33. The van der Waals surface area contributed by atoms with Crippen LogP contribution in [0.1, 0.15) is 32.1 Å². The molecule has 0 aromatic rings. The highest BCUT2D eigenvalue weighted by Gasteiger charge is 2.09. The van der Waals surface area contributed by atoms with Gasteiger partial charge in [-0.2, -0.15) is 4.99 Å². The van der Waals surface area contributed by atoms with Crippen molar-refractivity contribution in [3.8, 4) is 0 Å². The second kappa shape index (κ2) is 5.79. The van der Waals surface area contributed by atoms with E-state index in [1.807, 2.05) is 6.08 Å². The van der Waals surface area contributed by atoms with Crippen molar-refractivity contribution in [2.75, 3.05) is 0 Å². The maximum absolute atomic E-state index is 10.9. The van der Waals surface area contributed by atoms with Crippen LogP contribution in [0.25, 0.3) is 0 Å². The number of thiocarbonyl (C=S) groups is 1. The van der Waals surface area contributed by atoms with Gasteiger partial charge < -0.3 is 0 Å². The van der Waals surface area contributed by atoms with Crippen molar-refractivity contribution >= 4 is 23.3 Å². The van der Waals surface area contributed by atoms with Gasteiger partial charge in [-0.05, 0) is 31.0 Å². The normalized spacial score (nSPS) is 18.5. The first kappa shape index (κ1) is 10.3. The molecule has 1 aliphatic carbocycles. The van der Waals surface area contributed by atoms with E-state index in [0.717, 1.165) is 0 Å². The van der Waals surface area contributed by atoms with Gasteiger partial charge in [0.1, 0.15) is 0 Å². The fourth-order valence-corrected chi connectivity index (χ4v) is 1.72. The van der Waals surface area contributed by atoms with Crippen molar-refractivity contribution in [3.05, 3.63) is 12.2 Å². The molecule has 0 aliphatic heterocycles. The lowest BCUT2D eigenvalue weighted by atomic mass is 9.89. The van der Waals surface area contributed by atoms with Crippen LogP contribution in [0.4, 0.5) is 0 Å². The van der Waals surface area contributed by atoms with Gasteiger partial charge in [0.25, 0.3) is 5.91 Å². The number of amides is 1. The molecule has 13 heavy (non-hydrogen) atoms. The Labute approximate surface area is 83.7 Å². The Morgan fingerprint density at radius 2 is 2.08 bits per heavy atom. The largest absolute Gasteiger partial charge is 0.278 e. The van der Waals surface area contributed by atoms with Gasteiger partial charge in [0.2, 0.25) is 0 Å². The third-order valence-corrected chi connectivity index (χ3v) is 2.41. The van der Waals surface area contributed by atoms with Crippen molar-refractivity contribution in [2.24, 2.45) is 10.9 Å². The molecule has 70 valence electrons. The molecule has 2 nitrogen and oxygen atoms in total. The van der Waals surface area contributed by atoms with Crippen LogP contribution in [-0.4, -0.2) is 11.1 Å². The lowest BCUT2D eigenvalue weighted by Crippen LogP contribution is -2.03. The number of carbonyl (C=O) groups is 1. The summed E-state index contributed by atoms with van der Waals surface area (Å²) in [5.41, 5.74) is 0. The molecule has 1 amide bonds. The summed E-state index contributed by atoms with van der Waals surface area (Å²) in [7, 11) is 0. The molecular formula is C10H13NOS. The van der Waals surface area contributed by atoms with Crippen molar-refractivity contribution in [2.45, 2.75) is 32.1 Å². The first-order valence-electron chi connectivity index (χ1n) is 4.63. The van der Waals surface area contributed by atoms with E-state index in [-0.39, 0.29) is 5.91 Å². The summed E-state index contributed by atoms with van der Waals surface area (Å²) in [5, 5.41) is 2.06. The summed E-state index contributed by atoms with van der Waals surface area (Å²) in [6.45, 7) is 0. The molecule has 1 fully saturated rings. The number of carbonyl (C=O) groups excluding carboxylic acids is 1. The Hall–Kier alpha value is -0.790. The van der Waals surface area contributed by atoms with Gasteiger partial charge in [-0.15, -0.1) is 0 Å². The molecule has 0 saturated heterocycles. The van der Waals surface area contributed by atoms with Gasteiger partial charge in [-0.3, -0.25) is 4.79 Å². The highest BCUT2D eigenvalue weighted by molar-refractivity contribution is 7.78. The smallest absolute Gasteiger partial charge is 0.267 e. The minimum absolute atomic E-state index is 0.291. The minimum Gasteiger partial charge on any atom is -0.267 e. The molecule has 3 heteroatoms. The number of nitrogens with zero attached hydrogens (tertiary/aromatic N) is 1. The first-order chi connectivity index (χ1) is 6.33. The van der Waals surface area contributed by atoms with Gasteiger partial charge >= 0.3 is 0 Å². The third-order valence-electron chi connectivity index (χ3n) is 2.32. The fourth-order valence-electron chi connectivity index (χ4n) is 1.63. The van der Waals surface area contributed by atoms with Gasteiger partial charge in [0.15, 0.2) is 0 Å². The van der Waals surface area contributed by atoms with Gasteiger partial charge in [-0.1, -0.05) is 25.3 Å². The molecule has 0 bridgehead atoms. The van der Waals surface area contributed by atoms with Crippen molar-refractivity contribution in [1.82, 2.24) is 0 Å². The zero-order valence-electron chi connectivity index (χ0n) is 7.53. The van der Waals surface area contributed by atoms with E-state index in [1.54, 1.807) is 0 Å². The quantitative estimate of drug-likeness (QED) is 0.385. The van der Waals surface area contributed by atoms with Gasteiger partial charge in [0.05, 0.1) is 5.16 Å². The third kappa shape index (κ3) is 4.11. The van der Waals surface area contributed by atoms with Crippen LogP contribution in [0.15, 0.2) is 17.1 Å². The topological polar surface area (TPSA) is 29.4 Å². The Morgan fingerprint density at radius 3 is 2.69 bits per heavy atom. The van der Waals surface area contributed by atoms with Gasteiger partial charge in [0, 0.05) is 6.08 Å². The standard InChI is InChI=1S/C10H13NOS/c12-10(11-8-13)7-6-9-4-2-1-3-5-9/h6-7,9H,1-5H2/b7-6+. The number of isothiocyanates is 1. The highest BCUT2D eigenvalue weighted by Crippen LogP contribution is 2.24. The molecule has 0 aromatic carbocycles. The number of hydrogen-bond donors (Lipinski definition) is 0. The van der Waals surface area contributed by atoms with E-state index in [0.29, 0.717) is 5.92 Å². The number of allylic oxidation sites excluding steroid dienone is 1. The van der Waals surface area contributed by atoms with Crippen molar-refractivity contribution < 1.29 is 4.79 Å². The monoisotopic (exact) mass is 195 g/mol. The maximum atomic E-state index is 10.9. The molecule has 0 spiro atoms. The zero-order valence-corrected chi connectivity index (χ0v) is 8.35. The summed E-state index contributed by atoms with van der Waals surface area (Å²) in [6.07, 6.45) is 9.75. The van der Waals surface area contributed by atoms with Crippen LogP contribution >= 0.6 is 12.2 Å². The molecule has 0 unspecified atom stereocenters. The van der Waals surface area contributed by atoms with E-state index >= 15 is 0 Å². The molecule has 1 saturated carbocycles. The predicted octanol–water partition coefficient (Wildman–Crippen LogP) is 2.75. The van der Waals surface area contributed by atoms with Crippen LogP contribution in [-0.2, 0) is 4.79 Å². The van der Waals surface area contributed by atoms with Crippen LogP contribution in [0.3, 0.4) is 0 Å². The first-order valence-corrected chi connectivity index (χ1v) is 5.04. The van der Waals surface area contributed by atoms with E-state index in [4.69, 9.17) is 0 Å². The molecule has 0 N–H and O–H groups in total. The molecule has 0 radical (unpaired) electrons. The van der Waals surface area contributed by atoms with Crippen LogP contribution in [0.5, 0.6) is 0 Å². The molecule has 0 aromatic heterocycles. The molecule has 1 aliphatic rings. The van der Waals surface area contributed by atoms with E-state index in [9.17, 15) is 4.79 Å². The van der Waals surface area contributed by atoms with E-state index in [2.05, 4.69) is 22.4 Å². The fraction of sp³-hybridized carbons (Fsp3) is 0.600. The lowest BCUT2D eigenvalue weighted by Gasteiger charge is -2.17. The summed E-state index contributed by atoms with van der Waals surface area (Å²) in [5.74, 6) is 0.276.